The lowest BCUT2D eigenvalue weighted by Crippen LogP contribution is -2.35. The van der Waals surface area contributed by atoms with Crippen LogP contribution in [0.25, 0.3) is 0 Å². The Morgan fingerprint density at radius 2 is 1.92 bits per heavy atom. The third kappa shape index (κ3) is 3.44. The number of hydrogen-bond donors (Lipinski definition) is 2. The van der Waals surface area contributed by atoms with Crippen molar-refractivity contribution in [2.75, 3.05) is 12.1 Å². The van der Waals surface area contributed by atoms with Gasteiger partial charge >= 0.3 is 11.8 Å². The average molecular weight is 347 g/mol. The summed E-state index contributed by atoms with van der Waals surface area (Å²) in [4.78, 5) is 23.9. The van der Waals surface area contributed by atoms with Gasteiger partial charge in [0.25, 0.3) is 0 Å². The number of anilines is 1. The van der Waals surface area contributed by atoms with Gasteiger partial charge in [0.15, 0.2) is 11.5 Å². The van der Waals surface area contributed by atoms with E-state index in [2.05, 4.69) is 10.6 Å². The van der Waals surface area contributed by atoms with E-state index in [1.54, 1.807) is 43.3 Å². The van der Waals surface area contributed by atoms with Crippen LogP contribution in [0, 0.1) is 6.92 Å². The first-order valence-electron chi connectivity index (χ1n) is 7.27. The van der Waals surface area contributed by atoms with E-state index in [0.29, 0.717) is 27.8 Å². The molecule has 0 spiro atoms. The first-order valence-corrected chi connectivity index (χ1v) is 7.65. The molecular weight excluding hydrogens is 332 g/mol. The van der Waals surface area contributed by atoms with Gasteiger partial charge in [-0.25, -0.2) is 0 Å². The molecule has 2 aromatic rings. The zero-order valence-corrected chi connectivity index (χ0v) is 13.6. The molecular formula is C17H15ClN2O4. The second-order valence-electron chi connectivity index (χ2n) is 5.24. The largest absolute Gasteiger partial charge is 0.454 e. The van der Waals surface area contributed by atoms with E-state index < -0.39 is 11.8 Å². The van der Waals surface area contributed by atoms with Gasteiger partial charge in [0, 0.05) is 17.3 Å². The number of rotatable bonds is 3. The van der Waals surface area contributed by atoms with Crippen LogP contribution in [0.5, 0.6) is 11.5 Å². The lowest BCUT2D eigenvalue weighted by Gasteiger charge is -2.10. The molecule has 2 N–H and O–H groups in total. The highest BCUT2D eigenvalue weighted by atomic mass is 35.5. The number of amides is 2. The predicted octanol–water partition coefficient (Wildman–Crippen LogP) is 2.63. The van der Waals surface area contributed by atoms with E-state index in [1.807, 2.05) is 0 Å². The number of carbonyl (C=O) groups excluding carboxylic acids is 2. The molecule has 2 amide bonds. The maximum atomic E-state index is 12.0. The van der Waals surface area contributed by atoms with Gasteiger partial charge in [-0.2, -0.15) is 0 Å². The van der Waals surface area contributed by atoms with Crippen LogP contribution in [0.3, 0.4) is 0 Å². The summed E-state index contributed by atoms with van der Waals surface area (Å²) in [6.07, 6.45) is 0. The fraction of sp³-hybridized carbons (Fsp3) is 0.176. The molecule has 6 nitrogen and oxygen atoms in total. The molecule has 0 fully saturated rings. The molecule has 0 bridgehead atoms. The first kappa shape index (κ1) is 16.1. The van der Waals surface area contributed by atoms with Gasteiger partial charge in [-0.05, 0) is 42.3 Å². The summed E-state index contributed by atoms with van der Waals surface area (Å²) in [6, 6.07) is 10.4. The van der Waals surface area contributed by atoms with Crippen molar-refractivity contribution in [1.82, 2.24) is 5.32 Å². The summed E-state index contributed by atoms with van der Waals surface area (Å²) >= 11 is 5.99. The molecule has 7 heteroatoms. The summed E-state index contributed by atoms with van der Waals surface area (Å²) in [5.41, 5.74) is 2.01. The highest BCUT2D eigenvalue weighted by Crippen LogP contribution is 2.32. The quantitative estimate of drug-likeness (QED) is 0.838. The zero-order valence-electron chi connectivity index (χ0n) is 12.9. The Bertz CT molecular complexity index is 807. The Morgan fingerprint density at radius 3 is 2.75 bits per heavy atom. The maximum absolute atomic E-state index is 12.0. The van der Waals surface area contributed by atoms with E-state index in [4.69, 9.17) is 21.1 Å². The standard InChI is InChI=1S/C17H15ClN2O4/c1-10-12(18)3-2-4-13(10)20-17(22)16(21)19-8-11-5-6-14-15(7-11)24-9-23-14/h2-7H,8-9H2,1H3,(H,19,21)(H,20,22). The number of fused-ring (bicyclic) bond motifs is 1. The molecule has 0 saturated carbocycles. The number of carbonyl (C=O) groups is 2. The van der Waals surface area contributed by atoms with Gasteiger partial charge in [-0.3, -0.25) is 9.59 Å². The van der Waals surface area contributed by atoms with Gasteiger partial charge < -0.3 is 20.1 Å². The Balaban J connectivity index is 1.58. The summed E-state index contributed by atoms with van der Waals surface area (Å²) in [6.45, 7) is 2.16. The molecule has 0 aliphatic carbocycles. The predicted molar refractivity (Wildman–Crippen MR) is 89.2 cm³/mol. The minimum Gasteiger partial charge on any atom is -0.454 e. The molecule has 24 heavy (non-hydrogen) atoms. The Morgan fingerprint density at radius 1 is 1.12 bits per heavy atom. The molecule has 0 atom stereocenters. The number of ether oxygens (including phenoxy) is 2. The number of halogens is 1. The van der Waals surface area contributed by atoms with E-state index >= 15 is 0 Å². The first-order chi connectivity index (χ1) is 11.5. The third-order valence-electron chi connectivity index (χ3n) is 3.61. The normalized spacial score (nSPS) is 11.9. The Labute approximate surface area is 143 Å². The minimum atomic E-state index is -0.749. The van der Waals surface area contributed by atoms with Crippen molar-refractivity contribution in [2.24, 2.45) is 0 Å². The van der Waals surface area contributed by atoms with Crippen LogP contribution in [0.15, 0.2) is 36.4 Å². The molecule has 1 heterocycles. The molecule has 1 aliphatic rings. The van der Waals surface area contributed by atoms with Crippen molar-refractivity contribution in [2.45, 2.75) is 13.5 Å². The highest BCUT2D eigenvalue weighted by Gasteiger charge is 2.17. The molecule has 0 radical (unpaired) electrons. The molecule has 0 aromatic heterocycles. The van der Waals surface area contributed by atoms with E-state index in [9.17, 15) is 9.59 Å². The SMILES string of the molecule is Cc1c(Cl)cccc1NC(=O)C(=O)NCc1ccc2c(c1)OCO2. The van der Waals surface area contributed by atoms with Crippen molar-refractivity contribution in [3.05, 3.63) is 52.5 Å². The number of benzene rings is 2. The molecule has 2 aromatic carbocycles. The van der Waals surface area contributed by atoms with Crippen LogP contribution in [0.4, 0.5) is 5.69 Å². The number of nitrogens with one attached hydrogen (secondary N) is 2. The smallest absolute Gasteiger partial charge is 0.313 e. The van der Waals surface area contributed by atoms with Crippen LogP contribution in [-0.4, -0.2) is 18.6 Å². The fourth-order valence-corrected chi connectivity index (χ4v) is 2.41. The van der Waals surface area contributed by atoms with E-state index in [0.717, 1.165) is 5.56 Å². The van der Waals surface area contributed by atoms with E-state index in [-0.39, 0.29) is 13.3 Å². The fourth-order valence-electron chi connectivity index (χ4n) is 2.24. The van der Waals surface area contributed by atoms with Crippen molar-refractivity contribution in [1.29, 1.82) is 0 Å². The third-order valence-corrected chi connectivity index (χ3v) is 4.02. The van der Waals surface area contributed by atoms with Crippen LogP contribution < -0.4 is 20.1 Å². The minimum absolute atomic E-state index is 0.187. The molecule has 0 unspecified atom stereocenters. The van der Waals surface area contributed by atoms with Crippen LogP contribution in [-0.2, 0) is 16.1 Å². The monoisotopic (exact) mass is 346 g/mol. The number of hydrogen-bond acceptors (Lipinski definition) is 4. The zero-order chi connectivity index (χ0) is 17.1. The summed E-state index contributed by atoms with van der Waals surface area (Å²) in [5, 5.41) is 5.63. The highest BCUT2D eigenvalue weighted by molar-refractivity contribution is 6.40. The van der Waals surface area contributed by atoms with Crippen LogP contribution >= 0.6 is 11.6 Å². The molecule has 124 valence electrons. The summed E-state index contributed by atoms with van der Waals surface area (Å²) in [5.74, 6) is -0.187. The van der Waals surface area contributed by atoms with Gasteiger partial charge in [0.1, 0.15) is 0 Å². The van der Waals surface area contributed by atoms with Gasteiger partial charge in [0.05, 0.1) is 0 Å². The van der Waals surface area contributed by atoms with Gasteiger partial charge in [-0.1, -0.05) is 23.7 Å². The second kappa shape index (κ2) is 6.80. The van der Waals surface area contributed by atoms with Gasteiger partial charge in [-0.15, -0.1) is 0 Å². The van der Waals surface area contributed by atoms with Crippen molar-refractivity contribution in [3.63, 3.8) is 0 Å². The Kier molecular flexibility index (Phi) is 4.57. The van der Waals surface area contributed by atoms with Crippen molar-refractivity contribution in [3.8, 4) is 11.5 Å². The maximum Gasteiger partial charge on any atom is 0.313 e. The Hall–Kier alpha value is -2.73. The van der Waals surface area contributed by atoms with Gasteiger partial charge in [0.2, 0.25) is 6.79 Å². The van der Waals surface area contributed by atoms with Crippen molar-refractivity contribution >= 4 is 29.1 Å². The van der Waals surface area contributed by atoms with Crippen LogP contribution in [0.1, 0.15) is 11.1 Å². The lowest BCUT2D eigenvalue weighted by molar-refractivity contribution is -0.136. The molecule has 0 saturated heterocycles. The van der Waals surface area contributed by atoms with Crippen molar-refractivity contribution < 1.29 is 19.1 Å². The summed E-state index contributed by atoms with van der Waals surface area (Å²) < 4.78 is 10.5. The average Bonchev–Trinajstić information content (AvgIpc) is 3.04. The molecule has 3 rings (SSSR count). The topological polar surface area (TPSA) is 76.7 Å². The second-order valence-corrected chi connectivity index (χ2v) is 5.64. The van der Waals surface area contributed by atoms with E-state index in [1.165, 1.54) is 0 Å². The lowest BCUT2D eigenvalue weighted by atomic mass is 10.2. The molecule has 1 aliphatic heterocycles. The van der Waals surface area contributed by atoms with Crippen LogP contribution in [0.2, 0.25) is 5.02 Å². The summed E-state index contributed by atoms with van der Waals surface area (Å²) in [7, 11) is 0.